The highest BCUT2D eigenvalue weighted by Crippen LogP contribution is 2.38. The van der Waals surface area contributed by atoms with Crippen LogP contribution in [-0.2, 0) is 4.74 Å². The van der Waals surface area contributed by atoms with Crippen LogP contribution in [0, 0.1) is 0 Å². The van der Waals surface area contributed by atoms with Gasteiger partial charge < -0.3 is 20.1 Å². The Bertz CT molecular complexity index is 510. The van der Waals surface area contributed by atoms with Gasteiger partial charge in [-0.1, -0.05) is 11.6 Å². The van der Waals surface area contributed by atoms with Gasteiger partial charge in [-0.15, -0.1) is 0 Å². The summed E-state index contributed by atoms with van der Waals surface area (Å²) in [7, 11) is 1.22. The van der Waals surface area contributed by atoms with Gasteiger partial charge in [-0.3, -0.25) is 0 Å². The first-order valence-electron chi connectivity index (χ1n) is 5.54. The number of hydrogen-bond donors (Lipinski definition) is 3. The summed E-state index contributed by atoms with van der Waals surface area (Å²) in [4.78, 5) is 11.4. The highest BCUT2D eigenvalue weighted by Gasteiger charge is 2.24. The van der Waals surface area contributed by atoms with Crippen molar-refractivity contribution in [3.8, 4) is 5.75 Å². The number of phenolic OH excluding ortho intramolecular Hbond substituents is 1. The van der Waals surface area contributed by atoms with Gasteiger partial charge in [-0.05, 0) is 30.5 Å². The minimum atomic E-state index is -1.59. The van der Waals surface area contributed by atoms with Crippen LogP contribution in [0.25, 0.3) is 5.57 Å². The van der Waals surface area contributed by atoms with Gasteiger partial charge >= 0.3 is 5.97 Å². The van der Waals surface area contributed by atoms with Crippen LogP contribution in [0.1, 0.15) is 28.8 Å². The Morgan fingerprint density at radius 1 is 1.33 bits per heavy atom. The molecular weight excluding hydrogens is 236 g/mol. The van der Waals surface area contributed by atoms with Gasteiger partial charge in [0.25, 0.3) is 0 Å². The van der Waals surface area contributed by atoms with E-state index in [1.54, 1.807) is 6.07 Å². The zero-order valence-corrected chi connectivity index (χ0v) is 9.88. The molecule has 0 saturated heterocycles. The number of aromatic hydroxyl groups is 1. The lowest BCUT2D eigenvalue weighted by molar-refractivity contribution is 0.0110. The number of esters is 1. The number of rotatable bonds is 3. The normalized spacial score (nSPS) is 13.7. The average Bonchev–Trinajstić information content (AvgIpc) is 3.14. The molecule has 96 valence electrons. The van der Waals surface area contributed by atoms with Crippen molar-refractivity contribution in [3.63, 3.8) is 0 Å². The van der Waals surface area contributed by atoms with E-state index in [1.165, 1.54) is 19.2 Å². The summed E-state index contributed by atoms with van der Waals surface area (Å²) in [6, 6.07) is 4.29. The smallest absolute Gasteiger partial charge is 0.341 e. The van der Waals surface area contributed by atoms with E-state index in [2.05, 4.69) is 4.74 Å². The van der Waals surface area contributed by atoms with Crippen molar-refractivity contribution in [2.75, 3.05) is 7.11 Å². The number of allylic oxidation sites excluding steroid dienone is 1. The number of aliphatic hydroxyl groups excluding tert-OH is 1. The van der Waals surface area contributed by atoms with Gasteiger partial charge in [-0.2, -0.15) is 0 Å². The van der Waals surface area contributed by atoms with Gasteiger partial charge in [0.15, 0.2) is 6.29 Å². The van der Waals surface area contributed by atoms with E-state index in [-0.39, 0.29) is 11.3 Å². The van der Waals surface area contributed by atoms with E-state index in [9.17, 15) is 20.1 Å². The standard InChI is InChI=1S/C13H14O5/c1-18-13(17)9-6-8(4-5-10(9)14)11(12(15)16)7-2-3-7/h4-6,12,14-16H,2-3H2,1H3. The molecule has 0 bridgehead atoms. The SMILES string of the molecule is COC(=O)c1cc(C(=C2CC2)C(O)O)ccc1O. The van der Waals surface area contributed by atoms with E-state index in [0.29, 0.717) is 11.1 Å². The molecule has 1 aromatic rings. The Hall–Kier alpha value is -1.85. The number of ether oxygens (including phenoxy) is 1. The highest BCUT2D eigenvalue weighted by molar-refractivity contribution is 5.93. The second-order valence-corrected chi connectivity index (χ2v) is 4.11. The molecule has 0 atom stereocenters. The number of hydrogen-bond acceptors (Lipinski definition) is 5. The first kappa shape index (κ1) is 12.6. The first-order valence-corrected chi connectivity index (χ1v) is 5.54. The maximum absolute atomic E-state index is 11.4. The molecule has 1 saturated carbocycles. The second kappa shape index (κ2) is 4.80. The molecule has 5 heteroatoms. The number of aliphatic hydroxyl groups is 2. The number of methoxy groups -OCH3 is 1. The number of carbonyl (C=O) groups excluding carboxylic acids is 1. The predicted octanol–water partition coefficient (Wildman–Crippen LogP) is 1.04. The van der Waals surface area contributed by atoms with E-state index >= 15 is 0 Å². The summed E-state index contributed by atoms with van der Waals surface area (Å²) in [5.74, 6) is -0.861. The van der Waals surface area contributed by atoms with E-state index in [4.69, 9.17) is 0 Å². The van der Waals surface area contributed by atoms with Crippen LogP contribution in [-0.4, -0.2) is 34.7 Å². The third kappa shape index (κ3) is 2.37. The Labute approximate surface area is 104 Å². The van der Waals surface area contributed by atoms with Crippen molar-refractivity contribution in [1.29, 1.82) is 0 Å². The summed E-state index contributed by atoms with van der Waals surface area (Å²) in [6.45, 7) is 0. The maximum atomic E-state index is 11.4. The average molecular weight is 250 g/mol. The zero-order valence-electron chi connectivity index (χ0n) is 9.88. The van der Waals surface area contributed by atoms with Crippen LogP contribution in [0.2, 0.25) is 0 Å². The lowest BCUT2D eigenvalue weighted by atomic mass is 10.0. The molecule has 5 nitrogen and oxygen atoms in total. The third-order valence-electron chi connectivity index (χ3n) is 2.85. The van der Waals surface area contributed by atoms with Crippen molar-refractivity contribution in [2.45, 2.75) is 19.1 Å². The molecular formula is C13H14O5. The third-order valence-corrected chi connectivity index (χ3v) is 2.85. The first-order chi connectivity index (χ1) is 8.54. The predicted molar refractivity (Wildman–Crippen MR) is 63.8 cm³/mol. The van der Waals surface area contributed by atoms with Crippen LogP contribution in [0.15, 0.2) is 23.8 Å². The van der Waals surface area contributed by atoms with Crippen molar-refractivity contribution < 1.29 is 24.9 Å². The molecule has 0 unspecified atom stereocenters. The van der Waals surface area contributed by atoms with E-state index in [0.717, 1.165) is 18.4 Å². The monoisotopic (exact) mass is 250 g/mol. The van der Waals surface area contributed by atoms with E-state index < -0.39 is 12.3 Å². The minimum absolute atomic E-state index is 0.00870. The molecule has 0 aromatic heterocycles. The fraction of sp³-hybridized carbons (Fsp3) is 0.308. The molecule has 0 spiro atoms. The summed E-state index contributed by atoms with van der Waals surface area (Å²) >= 11 is 0. The zero-order chi connectivity index (χ0) is 13.3. The number of benzene rings is 1. The number of carbonyl (C=O) groups is 1. The van der Waals surface area contributed by atoms with Crippen molar-refractivity contribution >= 4 is 11.5 Å². The second-order valence-electron chi connectivity index (χ2n) is 4.11. The summed E-state index contributed by atoms with van der Waals surface area (Å²) in [5, 5.41) is 28.3. The molecule has 0 aliphatic heterocycles. The molecule has 0 amide bonds. The van der Waals surface area contributed by atoms with Crippen LogP contribution >= 0.6 is 0 Å². The lowest BCUT2D eigenvalue weighted by Gasteiger charge is -2.11. The van der Waals surface area contributed by atoms with E-state index in [1.807, 2.05) is 0 Å². The van der Waals surface area contributed by atoms with Gasteiger partial charge in [0.1, 0.15) is 11.3 Å². The summed E-state index contributed by atoms with van der Waals surface area (Å²) in [6.07, 6.45) is 0.0560. The fourth-order valence-corrected chi connectivity index (χ4v) is 1.84. The Balaban J connectivity index is 2.47. The Morgan fingerprint density at radius 2 is 2.00 bits per heavy atom. The Morgan fingerprint density at radius 3 is 2.50 bits per heavy atom. The topological polar surface area (TPSA) is 87.0 Å². The number of phenols is 1. The molecule has 1 aliphatic carbocycles. The van der Waals surface area contributed by atoms with Crippen LogP contribution in [0.4, 0.5) is 0 Å². The molecule has 1 fully saturated rings. The van der Waals surface area contributed by atoms with Crippen LogP contribution in [0.3, 0.4) is 0 Å². The molecule has 2 rings (SSSR count). The van der Waals surface area contributed by atoms with Crippen LogP contribution in [0.5, 0.6) is 5.75 Å². The summed E-state index contributed by atoms with van der Waals surface area (Å²) in [5.41, 5.74) is 1.87. The lowest BCUT2D eigenvalue weighted by Crippen LogP contribution is -2.09. The van der Waals surface area contributed by atoms with Crippen molar-refractivity contribution in [1.82, 2.24) is 0 Å². The molecule has 3 N–H and O–H groups in total. The van der Waals surface area contributed by atoms with Gasteiger partial charge in [0.05, 0.1) is 7.11 Å². The maximum Gasteiger partial charge on any atom is 0.341 e. The molecule has 1 aromatic carbocycles. The van der Waals surface area contributed by atoms with Gasteiger partial charge in [-0.25, -0.2) is 4.79 Å². The molecule has 18 heavy (non-hydrogen) atoms. The molecule has 1 aliphatic rings. The Kier molecular flexibility index (Phi) is 3.36. The van der Waals surface area contributed by atoms with Crippen molar-refractivity contribution in [2.24, 2.45) is 0 Å². The van der Waals surface area contributed by atoms with Crippen LogP contribution < -0.4 is 0 Å². The van der Waals surface area contributed by atoms with Crippen molar-refractivity contribution in [3.05, 3.63) is 34.9 Å². The van der Waals surface area contributed by atoms with Gasteiger partial charge in [0.2, 0.25) is 0 Å². The molecule has 0 radical (unpaired) electrons. The fourth-order valence-electron chi connectivity index (χ4n) is 1.84. The van der Waals surface area contributed by atoms with Gasteiger partial charge in [0, 0.05) is 5.57 Å². The molecule has 0 heterocycles. The quantitative estimate of drug-likeness (QED) is 0.551. The largest absolute Gasteiger partial charge is 0.507 e. The highest BCUT2D eigenvalue weighted by atomic mass is 16.5. The minimum Gasteiger partial charge on any atom is -0.507 e. The summed E-state index contributed by atoms with van der Waals surface area (Å²) < 4.78 is 4.55.